The minimum atomic E-state index is -0.776. The third kappa shape index (κ3) is 52.5. The van der Waals surface area contributed by atoms with Crippen molar-refractivity contribution >= 4 is 17.9 Å². The normalized spacial score (nSPS) is 12.2. The lowest BCUT2D eigenvalue weighted by Crippen LogP contribution is -2.30. The molecule has 0 aliphatic rings. The molecule has 0 rings (SSSR count). The number of esters is 3. The second-order valence-corrected chi connectivity index (χ2v) is 19.2. The molecule has 0 spiro atoms. The molecule has 1 atom stereocenters. The van der Waals surface area contributed by atoms with Gasteiger partial charge in [-0.1, -0.05) is 269 Å². The van der Waals surface area contributed by atoms with Gasteiger partial charge in [-0.05, 0) is 51.4 Å². The molecule has 0 bridgehead atoms. The van der Waals surface area contributed by atoms with Gasteiger partial charge in [0.05, 0.1) is 0 Å². The van der Waals surface area contributed by atoms with Crippen molar-refractivity contribution < 1.29 is 28.6 Å². The zero-order valence-corrected chi connectivity index (χ0v) is 43.5. The fourth-order valence-corrected chi connectivity index (χ4v) is 8.40. The van der Waals surface area contributed by atoms with Gasteiger partial charge in [0.15, 0.2) is 6.10 Å². The molecule has 1 unspecified atom stereocenters. The largest absolute Gasteiger partial charge is 0.462 e. The van der Waals surface area contributed by atoms with Crippen molar-refractivity contribution in [2.45, 2.75) is 309 Å². The number of ether oxygens (including phenoxy) is 3. The summed E-state index contributed by atoms with van der Waals surface area (Å²) >= 11 is 0. The van der Waals surface area contributed by atoms with E-state index in [2.05, 4.69) is 57.2 Å². The van der Waals surface area contributed by atoms with Gasteiger partial charge >= 0.3 is 17.9 Å². The van der Waals surface area contributed by atoms with E-state index in [9.17, 15) is 14.4 Å². The summed E-state index contributed by atoms with van der Waals surface area (Å²) in [7, 11) is 0. The Morgan fingerprint density at radius 1 is 0.323 bits per heavy atom. The monoisotopic (exact) mass is 913 g/mol. The number of carbonyl (C=O) groups excluding carboxylic acids is 3. The SMILES string of the molecule is CC/C=C\C/C=C\C/C=C\CCCCCCCC(=O)OC(COC(=O)CCCCCCCCCCCCCCCCC)COC(=O)CCCCCCCCCCCCCCCCCCC. The zero-order valence-electron chi connectivity index (χ0n) is 43.5. The van der Waals surface area contributed by atoms with Crippen LogP contribution in [0.25, 0.3) is 0 Å². The quantitative estimate of drug-likeness (QED) is 0.0262. The lowest BCUT2D eigenvalue weighted by atomic mass is 10.0. The number of hydrogen-bond acceptors (Lipinski definition) is 6. The highest BCUT2D eigenvalue weighted by Gasteiger charge is 2.19. The fraction of sp³-hybridized carbons (Fsp3) is 0.847. The van der Waals surface area contributed by atoms with Gasteiger partial charge in [0, 0.05) is 19.3 Å². The number of allylic oxidation sites excluding steroid dienone is 6. The Hall–Kier alpha value is -2.37. The van der Waals surface area contributed by atoms with Crippen molar-refractivity contribution in [2.75, 3.05) is 13.2 Å². The van der Waals surface area contributed by atoms with Gasteiger partial charge in [0.25, 0.3) is 0 Å². The number of carbonyl (C=O) groups is 3. The smallest absolute Gasteiger partial charge is 0.306 e. The molecule has 6 heteroatoms. The van der Waals surface area contributed by atoms with E-state index in [1.165, 1.54) is 167 Å². The lowest BCUT2D eigenvalue weighted by molar-refractivity contribution is -0.167. The van der Waals surface area contributed by atoms with Crippen LogP contribution in [0.1, 0.15) is 303 Å². The summed E-state index contributed by atoms with van der Waals surface area (Å²) in [5.41, 5.74) is 0. The molecule has 0 aromatic carbocycles. The minimum absolute atomic E-state index is 0.0744. The molecule has 0 radical (unpaired) electrons. The second-order valence-electron chi connectivity index (χ2n) is 19.2. The third-order valence-electron chi connectivity index (χ3n) is 12.7. The summed E-state index contributed by atoms with van der Waals surface area (Å²) in [6.07, 6.45) is 64.2. The van der Waals surface area contributed by atoms with Crippen molar-refractivity contribution in [2.24, 2.45) is 0 Å². The van der Waals surface area contributed by atoms with Crippen molar-refractivity contribution in [3.05, 3.63) is 36.5 Å². The minimum Gasteiger partial charge on any atom is -0.462 e. The summed E-state index contributed by atoms with van der Waals surface area (Å²) in [6.45, 7) is 6.56. The summed E-state index contributed by atoms with van der Waals surface area (Å²) in [5.74, 6) is -0.872. The highest BCUT2D eigenvalue weighted by Crippen LogP contribution is 2.17. The van der Waals surface area contributed by atoms with Crippen LogP contribution >= 0.6 is 0 Å². The number of unbranched alkanes of at least 4 members (excludes halogenated alkanes) is 35. The van der Waals surface area contributed by atoms with Crippen LogP contribution in [0.5, 0.6) is 0 Å². The van der Waals surface area contributed by atoms with E-state index < -0.39 is 6.10 Å². The van der Waals surface area contributed by atoms with E-state index in [0.29, 0.717) is 19.3 Å². The van der Waals surface area contributed by atoms with Crippen LogP contribution < -0.4 is 0 Å². The van der Waals surface area contributed by atoms with E-state index in [1.807, 2.05) is 0 Å². The van der Waals surface area contributed by atoms with Crippen molar-refractivity contribution in [3.8, 4) is 0 Å². The van der Waals surface area contributed by atoms with Crippen molar-refractivity contribution in [1.29, 1.82) is 0 Å². The predicted molar refractivity (Wildman–Crippen MR) is 279 cm³/mol. The first-order valence-electron chi connectivity index (χ1n) is 28.5. The first-order chi connectivity index (χ1) is 32.0. The first-order valence-corrected chi connectivity index (χ1v) is 28.5. The van der Waals surface area contributed by atoms with E-state index in [4.69, 9.17) is 14.2 Å². The topological polar surface area (TPSA) is 78.9 Å². The second kappa shape index (κ2) is 54.2. The maximum Gasteiger partial charge on any atom is 0.306 e. The Bertz CT molecular complexity index is 1090. The van der Waals surface area contributed by atoms with Crippen molar-refractivity contribution in [1.82, 2.24) is 0 Å². The van der Waals surface area contributed by atoms with E-state index in [0.717, 1.165) is 96.3 Å². The van der Waals surface area contributed by atoms with Crippen LogP contribution in [0.2, 0.25) is 0 Å². The van der Waals surface area contributed by atoms with Gasteiger partial charge in [-0.25, -0.2) is 0 Å². The van der Waals surface area contributed by atoms with Gasteiger partial charge in [0.1, 0.15) is 13.2 Å². The molecule has 0 heterocycles. The van der Waals surface area contributed by atoms with Crippen LogP contribution in [0.4, 0.5) is 0 Å². The average molecular weight is 914 g/mol. The van der Waals surface area contributed by atoms with E-state index >= 15 is 0 Å². The summed E-state index contributed by atoms with van der Waals surface area (Å²) in [5, 5.41) is 0. The molecule has 0 aromatic heterocycles. The summed E-state index contributed by atoms with van der Waals surface area (Å²) in [4.78, 5) is 38.1. The lowest BCUT2D eigenvalue weighted by Gasteiger charge is -2.18. The van der Waals surface area contributed by atoms with Gasteiger partial charge in [-0.15, -0.1) is 0 Å². The molecular weight excluding hydrogens is 805 g/mol. The van der Waals surface area contributed by atoms with E-state index in [-0.39, 0.29) is 31.1 Å². The molecule has 0 aromatic rings. The van der Waals surface area contributed by atoms with Gasteiger partial charge < -0.3 is 14.2 Å². The molecule has 0 N–H and O–H groups in total. The van der Waals surface area contributed by atoms with Gasteiger partial charge in [-0.3, -0.25) is 14.4 Å². The third-order valence-corrected chi connectivity index (χ3v) is 12.7. The van der Waals surface area contributed by atoms with Crippen LogP contribution in [-0.2, 0) is 28.6 Å². The van der Waals surface area contributed by atoms with Crippen LogP contribution in [-0.4, -0.2) is 37.2 Å². The zero-order chi connectivity index (χ0) is 47.2. The molecule has 0 aliphatic carbocycles. The maximum atomic E-state index is 12.8. The van der Waals surface area contributed by atoms with E-state index in [1.54, 1.807) is 0 Å². The van der Waals surface area contributed by atoms with Gasteiger partial charge in [0.2, 0.25) is 0 Å². The molecule has 0 aliphatic heterocycles. The average Bonchev–Trinajstić information content (AvgIpc) is 3.30. The van der Waals surface area contributed by atoms with Crippen LogP contribution in [0.3, 0.4) is 0 Å². The Morgan fingerprint density at radius 2 is 0.600 bits per heavy atom. The summed E-state index contributed by atoms with van der Waals surface area (Å²) in [6, 6.07) is 0. The predicted octanol–water partition coefficient (Wildman–Crippen LogP) is 18.9. The number of rotatable bonds is 52. The molecule has 0 saturated carbocycles. The fourth-order valence-electron chi connectivity index (χ4n) is 8.40. The molecular formula is C59H108O6. The Labute approximate surface area is 404 Å². The molecule has 380 valence electrons. The first kappa shape index (κ1) is 62.6. The standard InChI is InChI=1S/C59H108O6/c1-4-7-10-13-16-19-22-25-28-29-32-34-37-40-43-46-49-52-58(61)64-55-56(65-59(62)53-50-47-44-41-38-35-31-27-24-21-18-15-12-9-6-3)54-63-57(60)51-48-45-42-39-36-33-30-26-23-20-17-14-11-8-5-2/h9,12,18,21,27,31,56H,4-8,10-11,13-17,19-20,22-26,28-30,32-55H2,1-3H3/b12-9-,21-18-,31-27-. The summed E-state index contributed by atoms with van der Waals surface area (Å²) < 4.78 is 16.9. The van der Waals surface area contributed by atoms with Crippen LogP contribution in [0, 0.1) is 0 Å². The maximum absolute atomic E-state index is 12.8. The Balaban J connectivity index is 4.35. The molecule has 0 saturated heterocycles. The van der Waals surface area contributed by atoms with Crippen LogP contribution in [0.15, 0.2) is 36.5 Å². The van der Waals surface area contributed by atoms with Gasteiger partial charge in [-0.2, -0.15) is 0 Å². The van der Waals surface area contributed by atoms with Crippen molar-refractivity contribution in [3.63, 3.8) is 0 Å². The highest BCUT2D eigenvalue weighted by atomic mass is 16.6. The number of hydrogen-bond donors (Lipinski definition) is 0. The Kier molecular flexibility index (Phi) is 52.3. The molecule has 6 nitrogen and oxygen atoms in total. The Morgan fingerprint density at radius 3 is 0.938 bits per heavy atom. The molecule has 0 fully saturated rings. The highest BCUT2D eigenvalue weighted by molar-refractivity contribution is 5.71. The molecule has 0 amide bonds. The molecule has 65 heavy (non-hydrogen) atoms.